The van der Waals surface area contributed by atoms with Gasteiger partial charge in [-0.3, -0.25) is 4.90 Å². The summed E-state index contributed by atoms with van der Waals surface area (Å²) in [6, 6.07) is 30.6. The van der Waals surface area contributed by atoms with Crippen LogP contribution in [-0.2, 0) is 6.18 Å². The van der Waals surface area contributed by atoms with Crippen LogP contribution < -0.4 is 4.90 Å². The van der Waals surface area contributed by atoms with Gasteiger partial charge >= 0.3 is 6.18 Å². The Morgan fingerprint density at radius 3 is 2.00 bits per heavy atom. The van der Waals surface area contributed by atoms with Crippen molar-refractivity contribution in [3.63, 3.8) is 0 Å². The fourth-order valence-corrected chi connectivity index (χ4v) is 3.82. The second-order valence-electron chi connectivity index (χ2n) is 7.22. The first-order valence-corrected chi connectivity index (χ1v) is 9.82. The first kappa shape index (κ1) is 19.1. The lowest BCUT2D eigenvalue weighted by molar-refractivity contribution is -0.137. The van der Waals surface area contributed by atoms with Crippen LogP contribution in [0.1, 0.15) is 11.1 Å². The van der Waals surface area contributed by atoms with Gasteiger partial charge in [0, 0.05) is 22.4 Å². The third kappa shape index (κ3) is 3.48. The highest BCUT2D eigenvalue weighted by Gasteiger charge is 2.33. The van der Waals surface area contributed by atoms with E-state index >= 15 is 0 Å². The fourth-order valence-electron chi connectivity index (χ4n) is 3.82. The number of anilines is 2. The molecule has 1 aliphatic heterocycles. The molecule has 0 bridgehead atoms. The number of hydrogen-bond donors (Lipinski definition) is 0. The van der Waals surface area contributed by atoms with E-state index in [1.165, 1.54) is 12.1 Å². The molecule has 0 N–H and O–H groups in total. The van der Waals surface area contributed by atoms with Crippen LogP contribution >= 0.6 is 0 Å². The minimum absolute atomic E-state index is 0.456. The van der Waals surface area contributed by atoms with E-state index in [1.54, 1.807) is 0 Å². The molecule has 0 aliphatic carbocycles. The molecule has 0 saturated heterocycles. The molecule has 0 amide bonds. The maximum absolute atomic E-state index is 13.5. The molecule has 1 aliphatic rings. The number of para-hydroxylation sites is 2. The summed E-state index contributed by atoms with van der Waals surface area (Å²) in [5.41, 5.74) is 3.48. The van der Waals surface area contributed by atoms with E-state index in [4.69, 9.17) is 4.99 Å². The van der Waals surface area contributed by atoms with Crippen molar-refractivity contribution in [2.75, 3.05) is 4.90 Å². The highest BCUT2D eigenvalue weighted by Crippen LogP contribution is 2.45. The second-order valence-corrected chi connectivity index (χ2v) is 7.22. The highest BCUT2D eigenvalue weighted by molar-refractivity contribution is 6.18. The van der Waals surface area contributed by atoms with Crippen molar-refractivity contribution in [3.8, 4) is 11.1 Å². The van der Waals surface area contributed by atoms with Crippen LogP contribution in [0.25, 0.3) is 11.1 Å². The maximum Gasteiger partial charge on any atom is 0.416 e. The van der Waals surface area contributed by atoms with Crippen molar-refractivity contribution in [2.24, 2.45) is 4.99 Å². The molecule has 5 rings (SSSR count). The van der Waals surface area contributed by atoms with Crippen LogP contribution in [0.2, 0.25) is 0 Å². The quantitative estimate of drug-likeness (QED) is 0.330. The number of alkyl halides is 3. The number of nitrogens with zero attached hydrogens (tertiary/aromatic N) is 2. The Hall–Kier alpha value is -3.86. The molecule has 0 radical (unpaired) electrons. The Balaban J connectivity index is 1.84. The molecule has 152 valence electrons. The summed E-state index contributed by atoms with van der Waals surface area (Å²) in [4.78, 5) is 6.88. The molecular weight excluding hydrogens is 397 g/mol. The molecule has 0 unspecified atom stereocenters. The van der Waals surface area contributed by atoms with E-state index in [0.717, 1.165) is 23.0 Å². The number of amidine groups is 1. The van der Waals surface area contributed by atoms with Gasteiger partial charge in [-0.2, -0.15) is 13.2 Å². The molecule has 4 aromatic rings. The van der Waals surface area contributed by atoms with Crippen molar-refractivity contribution < 1.29 is 13.2 Å². The molecule has 0 atom stereocenters. The van der Waals surface area contributed by atoms with E-state index in [9.17, 15) is 13.2 Å². The molecule has 0 fully saturated rings. The average molecular weight is 414 g/mol. The zero-order valence-electron chi connectivity index (χ0n) is 16.3. The summed E-state index contributed by atoms with van der Waals surface area (Å²) in [6.45, 7) is 0. The largest absolute Gasteiger partial charge is 0.416 e. The van der Waals surface area contributed by atoms with Crippen LogP contribution in [0.4, 0.5) is 30.2 Å². The van der Waals surface area contributed by atoms with Crippen molar-refractivity contribution in [1.29, 1.82) is 0 Å². The SMILES string of the molecule is FC(F)(F)c1ccc2c(c1)-c1ccccc1N(c1ccccc1)C(c1ccccc1)=N2. The summed E-state index contributed by atoms with van der Waals surface area (Å²) in [6.07, 6.45) is -4.43. The summed E-state index contributed by atoms with van der Waals surface area (Å²) < 4.78 is 40.4. The zero-order valence-corrected chi connectivity index (χ0v) is 16.3. The number of aliphatic imine (C=N–C) groups is 1. The van der Waals surface area contributed by atoms with Gasteiger partial charge in [-0.1, -0.05) is 66.7 Å². The maximum atomic E-state index is 13.5. The van der Waals surface area contributed by atoms with Gasteiger partial charge in [-0.15, -0.1) is 0 Å². The van der Waals surface area contributed by atoms with Gasteiger partial charge in [-0.05, 0) is 36.4 Å². The van der Waals surface area contributed by atoms with Crippen LogP contribution in [0.5, 0.6) is 0 Å². The predicted molar refractivity (Wildman–Crippen MR) is 118 cm³/mol. The van der Waals surface area contributed by atoms with Crippen molar-refractivity contribution in [2.45, 2.75) is 6.18 Å². The summed E-state index contributed by atoms with van der Waals surface area (Å²) >= 11 is 0. The number of halogens is 3. The van der Waals surface area contributed by atoms with Crippen LogP contribution in [-0.4, -0.2) is 5.84 Å². The third-order valence-electron chi connectivity index (χ3n) is 5.24. The Bertz CT molecular complexity index is 1260. The topological polar surface area (TPSA) is 15.6 Å². The Morgan fingerprint density at radius 2 is 1.29 bits per heavy atom. The van der Waals surface area contributed by atoms with E-state index in [2.05, 4.69) is 0 Å². The van der Waals surface area contributed by atoms with Gasteiger partial charge in [0.15, 0.2) is 0 Å². The van der Waals surface area contributed by atoms with E-state index < -0.39 is 11.7 Å². The van der Waals surface area contributed by atoms with Gasteiger partial charge in [0.2, 0.25) is 0 Å². The summed E-state index contributed by atoms with van der Waals surface area (Å²) in [5, 5.41) is 0. The molecule has 0 saturated carbocycles. The number of fused-ring (bicyclic) bond motifs is 3. The third-order valence-corrected chi connectivity index (χ3v) is 5.24. The van der Waals surface area contributed by atoms with E-state index in [-0.39, 0.29) is 0 Å². The number of rotatable bonds is 2. The van der Waals surface area contributed by atoms with Crippen molar-refractivity contribution >= 4 is 22.9 Å². The molecule has 2 nitrogen and oxygen atoms in total. The molecule has 1 heterocycles. The van der Waals surface area contributed by atoms with Crippen molar-refractivity contribution in [1.82, 2.24) is 0 Å². The molecule has 0 aromatic heterocycles. The van der Waals surface area contributed by atoms with Crippen molar-refractivity contribution in [3.05, 3.63) is 114 Å². The second kappa shape index (κ2) is 7.43. The lowest BCUT2D eigenvalue weighted by Gasteiger charge is -2.27. The average Bonchev–Trinajstić information content (AvgIpc) is 2.94. The smallest absolute Gasteiger partial charge is 0.294 e. The Kier molecular flexibility index (Phi) is 4.59. The van der Waals surface area contributed by atoms with E-state index in [0.29, 0.717) is 22.6 Å². The minimum Gasteiger partial charge on any atom is -0.294 e. The lowest BCUT2D eigenvalue weighted by atomic mass is 9.99. The zero-order chi connectivity index (χ0) is 21.4. The predicted octanol–water partition coefficient (Wildman–Crippen LogP) is 7.60. The van der Waals surface area contributed by atoms with Crippen LogP contribution in [0, 0.1) is 0 Å². The Morgan fingerprint density at radius 1 is 0.645 bits per heavy atom. The van der Waals surface area contributed by atoms with Gasteiger partial charge in [-0.25, -0.2) is 4.99 Å². The van der Waals surface area contributed by atoms with Crippen LogP contribution in [0.15, 0.2) is 108 Å². The summed E-state index contributed by atoms with van der Waals surface area (Å²) in [5.74, 6) is 0.651. The highest BCUT2D eigenvalue weighted by atomic mass is 19.4. The number of hydrogen-bond acceptors (Lipinski definition) is 2. The monoisotopic (exact) mass is 414 g/mol. The minimum atomic E-state index is -4.43. The molecule has 31 heavy (non-hydrogen) atoms. The van der Waals surface area contributed by atoms with Gasteiger partial charge in [0.25, 0.3) is 0 Å². The van der Waals surface area contributed by atoms with Gasteiger partial charge in [0.1, 0.15) is 5.84 Å². The first-order valence-electron chi connectivity index (χ1n) is 9.82. The molecule has 5 heteroatoms. The molecule has 0 spiro atoms. The van der Waals surface area contributed by atoms with Gasteiger partial charge < -0.3 is 0 Å². The normalized spacial score (nSPS) is 13.1. The Labute approximate surface area is 177 Å². The number of benzene rings is 4. The first-order chi connectivity index (χ1) is 15.0. The van der Waals surface area contributed by atoms with Crippen LogP contribution in [0.3, 0.4) is 0 Å². The molecule has 4 aromatic carbocycles. The van der Waals surface area contributed by atoms with Gasteiger partial charge in [0.05, 0.1) is 16.9 Å². The lowest BCUT2D eigenvalue weighted by Crippen LogP contribution is -2.26. The standard InChI is InChI=1S/C26H17F3N2/c27-26(28,29)19-15-16-23-22(17-19)21-13-7-8-14-24(21)31(20-11-5-2-6-12-20)25(30-23)18-9-3-1-4-10-18/h1-17H. The fraction of sp³-hybridized carbons (Fsp3) is 0.0385. The molecular formula is C26H17F3N2. The summed E-state index contributed by atoms with van der Waals surface area (Å²) in [7, 11) is 0. The van der Waals surface area contributed by atoms with E-state index in [1.807, 2.05) is 89.8 Å².